The molecule has 0 atom stereocenters. The summed E-state index contributed by atoms with van der Waals surface area (Å²) in [6, 6.07) is 26.2. The summed E-state index contributed by atoms with van der Waals surface area (Å²) < 4.78 is 6.23. The second kappa shape index (κ2) is 12.7. The number of nitrogens with zero attached hydrogens (tertiary/aromatic N) is 1. The molecule has 3 aromatic carbocycles. The molecule has 9 heteroatoms. The molecule has 4 rings (SSSR count). The first kappa shape index (κ1) is 26.0. The molecule has 1 aromatic heterocycles. The minimum Gasteiger partial charge on any atom is -0.423 e. The lowest BCUT2D eigenvalue weighted by atomic mass is 10.2. The highest BCUT2D eigenvalue weighted by Crippen LogP contribution is 2.17. The van der Waals surface area contributed by atoms with Gasteiger partial charge in [-0.15, -0.1) is 11.3 Å². The van der Waals surface area contributed by atoms with Gasteiger partial charge in [-0.05, 0) is 94.2 Å². The van der Waals surface area contributed by atoms with Crippen LogP contribution >= 0.6 is 33.9 Å². The van der Waals surface area contributed by atoms with Gasteiger partial charge in [0.2, 0.25) is 0 Å². The van der Waals surface area contributed by atoms with Gasteiger partial charge in [0.15, 0.2) is 0 Å². The molecule has 0 saturated carbocycles. The van der Waals surface area contributed by atoms with Crippen molar-refractivity contribution in [3.8, 4) is 5.75 Å². The number of rotatable bonds is 8. The molecule has 0 fully saturated rings. The van der Waals surface area contributed by atoms with E-state index in [2.05, 4.69) is 38.4 Å². The van der Waals surface area contributed by atoms with Crippen molar-refractivity contribution in [3.05, 3.63) is 127 Å². The Hall–Kier alpha value is -4.09. The minimum absolute atomic E-state index is 0.0613. The Kier molecular flexibility index (Phi) is 8.95. The number of benzene rings is 3. The van der Waals surface area contributed by atoms with Crippen molar-refractivity contribution in [2.75, 3.05) is 0 Å². The van der Waals surface area contributed by atoms with E-state index < -0.39 is 17.8 Å². The van der Waals surface area contributed by atoms with Gasteiger partial charge in [0.25, 0.3) is 11.8 Å². The van der Waals surface area contributed by atoms with Crippen LogP contribution in [0.25, 0.3) is 6.08 Å². The third kappa shape index (κ3) is 7.45. The topological polar surface area (TPSA) is 96.9 Å². The highest BCUT2D eigenvalue weighted by molar-refractivity contribution is 14.1. The molecule has 0 radical (unpaired) electrons. The highest BCUT2D eigenvalue weighted by atomic mass is 127. The lowest BCUT2D eigenvalue weighted by Crippen LogP contribution is -2.32. The summed E-state index contributed by atoms with van der Waals surface area (Å²) in [6.07, 6.45) is 3.04. The van der Waals surface area contributed by atoms with Crippen LogP contribution in [0.1, 0.15) is 31.2 Å². The maximum absolute atomic E-state index is 12.8. The largest absolute Gasteiger partial charge is 0.423 e. The molecule has 0 bridgehead atoms. The molecule has 4 aromatic rings. The zero-order valence-corrected chi connectivity index (χ0v) is 22.2. The predicted molar refractivity (Wildman–Crippen MR) is 153 cm³/mol. The van der Waals surface area contributed by atoms with Crippen molar-refractivity contribution in [3.63, 3.8) is 0 Å². The molecule has 0 saturated heterocycles. The van der Waals surface area contributed by atoms with Gasteiger partial charge in [-0.2, -0.15) is 5.10 Å². The Labute approximate surface area is 231 Å². The summed E-state index contributed by atoms with van der Waals surface area (Å²) >= 11 is 3.52. The SMILES string of the molecule is O=C(NN=Cc1ccc(OC(=O)c2ccccc2I)cc1)C(=Cc1cccs1)NC(=O)c1ccccc1. The van der Waals surface area contributed by atoms with E-state index in [1.807, 2.05) is 29.6 Å². The molecule has 0 aliphatic carbocycles. The van der Waals surface area contributed by atoms with Gasteiger partial charge in [0.1, 0.15) is 11.4 Å². The number of amides is 2. The van der Waals surface area contributed by atoms with Crippen LogP contribution < -0.4 is 15.5 Å². The molecule has 7 nitrogen and oxygen atoms in total. The standard InChI is InChI=1S/C28H20IN3O4S/c29-24-11-5-4-10-23(24)28(35)36-21-14-12-19(13-15-21)18-30-32-27(34)25(17-22-9-6-16-37-22)31-26(33)20-7-2-1-3-8-20/h1-18H,(H,31,33)(H,32,34). The van der Waals surface area contributed by atoms with Gasteiger partial charge in [-0.3, -0.25) is 9.59 Å². The first-order valence-corrected chi connectivity index (χ1v) is 13.0. The Bertz CT molecular complexity index is 1450. The minimum atomic E-state index is -0.572. The number of nitrogens with one attached hydrogen (secondary N) is 2. The highest BCUT2D eigenvalue weighted by Gasteiger charge is 2.15. The molecule has 0 aliphatic rings. The predicted octanol–water partition coefficient (Wildman–Crippen LogP) is 5.49. The smallest absolute Gasteiger partial charge is 0.344 e. The van der Waals surface area contributed by atoms with Crippen molar-refractivity contribution < 1.29 is 19.1 Å². The fraction of sp³-hybridized carbons (Fsp3) is 0. The van der Waals surface area contributed by atoms with Crippen molar-refractivity contribution in [1.82, 2.24) is 10.7 Å². The fourth-order valence-corrected chi connectivity index (χ4v) is 4.36. The van der Waals surface area contributed by atoms with Crippen LogP contribution in [0.4, 0.5) is 0 Å². The average Bonchev–Trinajstić information content (AvgIpc) is 3.43. The quantitative estimate of drug-likeness (QED) is 0.0679. The number of carbonyl (C=O) groups excluding carboxylic acids is 3. The molecular weight excluding hydrogens is 601 g/mol. The summed E-state index contributed by atoms with van der Waals surface area (Å²) in [6.45, 7) is 0. The van der Waals surface area contributed by atoms with Crippen molar-refractivity contribution in [2.45, 2.75) is 0 Å². The molecular formula is C28H20IN3O4S. The lowest BCUT2D eigenvalue weighted by molar-refractivity contribution is -0.117. The molecule has 2 N–H and O–H groups in total. The number of hydrogen-bond donors (Lipinski definition) is 2. The normalized spacial score (nSPS) is 11.2. The van der Waals surface area contributed by atoms with Gasteiger partial charge >= 0.3 is 5.97 Å². The second-order valence-corrected chi connectivity index (χ2v) is 9.67. The molecule has 184 valence electrons. The molecule has 0 unspecified atom stereocenters. The lowest BCUT2D eigenvalue weighted by Gasteiger charge is -2.08. The van der Waals surface area contributed by atoms with E-state index in [9.17, 15) is 14.4 Å². The Morgan fingerprint density at radius 3 is 2.30 bits per heavy atom. The number of carbonyl (C=O) groups is 3. The molecule has 0 aliphatic heterocycles. The van der Waals surface area contributed by atoms with Crippen LogP contribution in [0.2, 0.25) is 0 Å². The first-order valence-electron chi connectivity index (χ1n) is 11.0. The summed E-state index contributed by atoms with van der Waals surface area (Å²) in [5.74, 6) is -1.04. The fourth-order valence-electron chi connectivity index (χ4n) is 3.09. The summed E-state index contributed by atoms with van der Waals surface area (Å²) in [5, 5.41) is 8.53. The maximum Gasteiger partial charge on any atom is 0.344 e. The van der Waals surface area contributed by atoms with E-state index in [-0.39, 0.29) is 5.70 Å². The number of ether oxygens (including phenoxy) is 1. The van der Waals surface area contributed by atoms with E-state index in [1.165, 1.54) is 17.6 Å². The van der Waals surface area contributed by atoms with E-state index >= 15 is 0 Å². The van der Waals surface area contributed by atoms with Crippen molar-refractivity contribution in [2.24, 2.45) is 5.10 Å². The van der Waals surface area contributed by atoms with Crippen molar-refractivity contribution in [1.29, 1.82) is 0 Å². The molecule has 0 spiro atoms. The van der Waals surface area contributed by atoms with Crippen LogP contribution in [0.15, 0.2) is 107 Å². The molecule has 1 heterocycles. The number of hydrazone groups is 1. The van der Waals surface area contributed by atoms with E-state index in [0.717, 1.165) is 8.45 Å². The van der Waals surface area contributed by atoms with Gasteiger partial charge in [0.05, 0.1) is 11.8 Å². The van der Waals surface area contributed by atoms with E-state index in [1.54, 1.807) is 72.8 Å². The van der Waals surface area contributed by atoms with Gasteiger partial charge < -0.3 is 10.1 Å². The zero-order chi connectivity index (χ0) is 26.0. The summed E-state index contributed by atoms with van der Waals surface area (Å²) in [5.41, 5.74) is 4.09. The average molecular weight is 621 g/mol. The third-order valence-electron chi connectivity index (χ3n) is 4.92. The summed E-state index contributed by atoms with van der Waals surface area (Å²) in [4.78, 5) is 38.6. The summed E-state index contributed by atoms with van der Waals surface area (Å²) in [7, 11) is 0. The monoisotopic (exact) mass is 621 g/mol. The van der Waals surface area contributed by atoms with Crippen LogP contribution in [-0.4, -0.2) is 24.0 Å². The maximum atomic E-state index is 12.8. The van der Waals surface area contributed by atoms with Gasteiger partial charge in [-0.25, -0.2) is 10.2 Å². The Morgan fingerprint density at radius 1 is 0.865 bits per heavy atom. The Morgan fingerprint density at radius 2 is 1.59 bits per heavy atom. The van der Waals surface area contributed by atoms with Crippen LogP contribution in [0.5, 0.6) is 5.75 Å². The van der Waals surface area contributed by atoms with E-state index in [4.69, 9.17) is 4.74 Å². The van der Waals surface area contributed by atoms with Crippen molar-refractivity contribution >= 4 is 64.0 Å². The second-order valence-electron chi connectivity index (χ2n) is 7.53. The third-order valence-corrected chi connectivity index (χ3v) is 6.68. The zero-order valence-electron chi connectivity index (χ0n) is 19.3. The van der Waals surface area contributed by atoms with Gasteiger partial charge in [0, 0.05) is 14.0 Å². The van der Waals surface area contributed by atoms with E-state index in [0.29, 0.717) is 22.4 Å². The van der Waals surface area contributed by atoms with Crippen LogP contribution in [0.3, 0.4) is 0 Å². The number of thiophene rings is 1. The molecule has 37 heavy (non-hydrogen) atoms. The first-order chi connectivity index (χ1) is 18.0. The van der Waals surface area contributed by atoms with Crippen LogP contribution in [0, 0.1) is 3.57 Å². The van der Waals surface area contributed by atoms with Gasteiger partial charge in [-0.1, -0.05) is 36.4 Å². The number of esters is 1. The Balaban J connectivity index is 1.39. The number of hydrogen-bond acceptors (Lipinski definition) is 6. The molecule has 2 amide bonds. The number of halogens is 1. The van der Waals surface area contributed by atoms with Crippen LogP contribution in [-0.2, 0) is 4.79 Å².